The van der Waals surface area contributed by atoms with Gasteiger partial charge in [-0.2, -0.15) is 0 Å². The van der Waals surface area contributed by atoms with Gasteiger partial charge in [-0.05, 0) is 29.5 Å². The molecule has 1 saturated heterocycles. The van der Waals surface area contributed by atoms with Crippen LogP contribution in [0, 0.1) is 6.92 Å². The maximum Gasteiger partial charge on any atom is 0.261 e. The molecule has 0 atom stereocenters. The summed E-state index contributed by atoms with van der Waals surface area (Å²) in [6.07, 6.45) is 0.356. The molecule has 2 aromatic rings. The normalized spacial score (nSPS) is 15.0. The second kappa shape index (κ2) is 8.96. The van der Waals surface area contributed by atoms with Crippen LogP contribution in [0.3, 0.4) is 0 Å². The fourth-order valence-corrected chi connectivity index (χ4v) is 3.76. The van der Waals surface area contributed by atoms with Gasteiger partial charge in [0.1, 0.15) is 0 Å². The number of nitrogens with one attached hydrogen (secondary N) is 1. The highest BCUT2D eigenvalue weighted by Gasteiger charge is 2.21. The smallest absolute Gasteiger partial charge is 0.261 e. The van der Waals surface area contributed by atoms with Crippen molar-refractivity contribution in [3.63, 3.8) is 0 Å². The summed E-state index contributed by atoms with van der Waals surface area (Å²) in [6, 6.07) is 12.1. The van der Waals surface area contributed by atoms with Crippen LogP contribution in [0.15, 0.2) is 41.8 Å². The minimum absolute atomic E-state index is 0.101. The molecule has 0 radical (unpaired) electrons. The summed E-state index contributed by atoms with van der Waals surface area (Å²) < 4.78 is 0. The summed E-state index contributed by atoms with van der Waals surface area (Å²) in [5.41, 5.74) is 2.66. The lowest BCUT2D eigenvalue weighted by molar-refractivity contribution is -0.132. The fraction of sp³-hybridized carbons (Fsp3) is 0.400. The molecule has 26 heavy (non-hydrogen) atoms. The number of benzene rings is 1. The second-order valence-electron chi connectivity index (χ2n) is 6.57. The Hall–Kier alpha value is -2.18. The van der Waals surface area contributed by atoms with Crippen LogP contribution in [0.5, 0.6) is 0 Å². The summed E-state index contributed by atoms with van der Waals surface area (Å²) in [6.45, 7) is 6.75. The van der Waals surface area contributed by atoms with Crippen LogP contribution in [-0.2, 0) is 11.3 Å². The van der Waals surface area contributed by atoms with Gasteiger partial charge in [0.25, 0.3) is 5.91 Å². The zero-order valence-electron chi connectivity index (χ0n) is 15.1. The SMILES string of the molecule is Cc1ccccc1CN1CCN(C(=O)CCNC(=O)c2cccs2)CC1. The first-order valence-electron chi connectivity index (χ1n) is 9.00. The maximum atomic E-state index is 12.3. The van der Waals surface area contributed by atoms with Gasteiger partial charge < -0.3 is 10.2 Å². The first kappa shape index (κ1) is 18.6. The lowest BCUT2D eigenvalue weighted by atomic mass is 10.1. The van der Waals surface area contributed by atoms with Gasteiger partial charge in [0, 0.05) is 45.7 Å². The molecule has 2 amide bonds. The molecule has 0 unspecified atom stereocenters. The molecular formula is C20H25N3O2S. The summed E-state index contributed by atoms with van der Waals surface area (Å²) in [7, 11) is 0. The quantitative estimate of drug-likeness (QED) is 0.849. The Morgan fingerprint density at radius 1 is 1.08 bits per heavy atom. The molecule has 1 aliphatic rings. The Bertz CT molecular complexity index is 737. The van der Waals surface area contributed by atoms with Crippen molar-refractivity contribution in [2.75, 3.05) is 32.7 Å². The Kier molecular flexibility index (Phi) is 6.41. The highest BCUT2D eigenvalue weighted by Crippen LogP contribution is 2.13. The predicted octanol–water partition coefficient (Wildman–Crippen LogP) is 2.52. The third-order valence-corrected chi connectivity index (χ3v) is 5.62. The van der Waals surface area contributed by atoms with E-state index in [9.17, 15) is 9.59 Å². The molecule has 138 valence electrons. The van der Waals surface area contributed by atoms with E-state index in [1.54, 1.807) is 6.07 Å². The van der Waals surface area contributed by atoms with Gasteiger partial charge in [-0.1, -0.05) is 30.3 Å². The predicted molar refractivity (Wildman–Crippen MR) is 104 cm³/mol. The number of hydrogen-bond donors (Lipinski definition) is 1. The molecule has 1 fully saturated rings. The number of thiophene rings is 1. The van der Waals surface area contributed by atoms with Gasteiger partial charge in [0.05, 0.1) is 4.88 Å². The Morgan fingerprint density at radius 2 is 1.85 bits per heavy atom. The molecule has 1 aromatic carbocycles. The molecule has 1 aliphatic heterocycles. The molecule has 0 saturated carbocycles. The molecule has 0 spiro atoms. The Morgan fingerprint density at radius 3 is 2.54 bits per heavy atom. The molecule has 2 heterocycles. The van der Waals surface area contributed by atoms with E-state index < -0.39 is 0 Å². The van der Waals surface area contributed by atoms with Crippen molar-refractivity contribution in [3.8, 4) is 0 Å². The van der Waals surface area contributed by atoms with Crippen LogP contribution < -0.4 is 5.32 Å². The zero-order valence-corrected chi connectivity index (χ0v) is 15.9. The molecule has 6 heteroatoms. The van der Waals surface area contributed by atoms with Gasteiger partial charge in [0.15, 0.2) is 0 Å². The minimum Gasteiger partial charge on any atom is -0.351 e. The molecule has 0 bridgehead atoms. The number of rotatable bonds is 6. The van der Waals surface area contributed by atoms with E-state index in [0.717, 1.165) is 32.7 Å². The molecule has 1 N–H and O–H groups in total. The van der Waals surface area contributed by atoms with E-state index >= 15 is 0 Å². The van der Waals surface area contributed by atoms with E-state index in [4.69, 9.17) is 0 Å². The van der Waals surface area contributed by atoms with E-state index in [1.807, 2.05) is 16.3 Å². The number of nitrogens with zero attached hydrogens (tertiary/aromatic N) is 2. The third kappa shape index (κ3) is 4.93. The number of aryl methyl sites for hydroxylation is 1. The minimum atomic E-state index is -0.101. The second-order valence-corrected chi connectivity index (χ2v) is 7.51. The van der Waals surface area contributed by atoms with Gasteiger partial charge >= 0.3 is 0 Å². The highest BCUT2D eigenvalue weighted by atomic mass is 32.1. The van der Waals surface area contributed by atoms with Gasteiger partial charge in [-0.3, -0.25) is 14.5 Å². The average molecular weight is 372 g/mol. The summed E-state index contributed by atoms with van der Waals surface area (Å²) in [5.74, 6) is 0.0165. The number of hydrogen-bond acceptors (Lipinski definition) is 4. The Labute approximate surface area is 158 Å². The first-order valence-corrected chi connectivity index (χ1v) is 9.88. The summed E-state index contributed by atoms with van der Waals surface area (Å²) >= 11 is 1.41. The number of piperazine rings is 1. The molecule has 5 nitrogen and oxygen atoms in total. The van der Waals surface area contributed by atoms with E-state index in [1.165, 1.54) is 22.5 Å². The van der Waals surface area contributed by atoms with E-state index in [-0.39, 0.29) is 11.8 Å². The van der Waals surface area contributed by atoms with Crippen molar-refractivity contribution < 1.29 is 9.59 Å². The van der Waals surface area contributed by atoms with Crippen LogP contribution in [0.2, 0.25) is 0 Å². The van der Waals surface area contributed by atoms with Crippen LogP contribution in [0.1, 0.15) is 27.2 Å². The lowest BCUT2D eigenvalue weighted by Gasteiger charge is -2.35. The van der Waals surface area contributed by atoms with Crippen LogP contribution in [-0.4, -0.2) is 54.3 Å². The topological polar surface area (TPSA) is 52.6 Å². The molecule has 1 aromatic heterocycles. The highest BCUT2D eigenvalue weighted by molar-refractivity contribution is 7.12. The summed E-state index contributed by atoms with van der Waals surface area (Å²) in [4.78, 5) is 29.2. The largest absolute Gasteiger partial charge is 0.351 e. The molecule has 3 rings (SSSR count). The lowest BCUT2D eigenvalue weighted by Crippen LogP contribution is -2.48. The fourth-order valence-electron chi connectivity index (χ4n) is 3.12. The Balaban J connectivity index is 1.38. The zero-order chi connectivity index (χ0) is 18.4. The van der Waals surface area contributed by atoms with Gasteiger partial charge in [-0.25, -0.2) is 0 Å². The number of carbonyl (C=O) groups excluding carboxylic acids is 2. The van der Waals surface area contributed by atoms with E-state index in [0.29, 0.717) is 17.8 Å². The van der Waals surface area contributed by atoms with Gasteiger partial charge in [0.2, 0.25) is 5.91 Å². The number of carbonyl (C=O) groups is 2. The molecular weight excluding hydrogens is 346 g/mol. The van der Waals surface area contributed by atoms with Crippen molar-refractivity contribution in [2.24, 2.45) is 0 Å². The first-order chi connectivity index (χ1) is 12.6. The van der Waals surface area contributed by atoms with Crippen molar-refractivity contribution in [1.29, 1.82) is 0 Å². The van der Waals surface area contributed by atoms with Crippen LogP contribution in [0.25, 0.3) is 0 Å². The van der Waals surface area contributed by atoms with Crippen molar-refractivity contribution in [2.45, 2.75) is 19.9 Å². The standard InChI is InChI=1S/C20H25N3O2S/c1-16-5-2-3-6-17(16)15-22-10-12-23(13-11-22)19(24)8-9-21-20(25)18-7-4-14-26-18/h2-7,14H,8-13,15H2,1H3,(H,21,25). The monoisotopic (exact) mass is 371 g/mol. The number of amides is 2. The third-order valence-electron chi connectivity index (χ3n) is 4.75. The summed E-state index contributed by atoms with van der Waals surface area (Å²) in [5, 5.41) is 4.69. The van der Waals surface area contributed by atoms with Crippen molar-refractivity contribution in [3.05, 3.63) is 57.8 Å². The van der Waals surface area contributed by atoms with Crippen molar-refractivity contribution >= 4 is 23.2 Å². The van der Waals surface area contributed by atoms with Gasteiger partial charge in [-0.15, -0.1) is 11.3 Å². The van der Waals surface area contributed by atoms with Crippen LogP contribution >= 0.6 is 11.3 Å². The van der Waals surface area contributed by atoms with Crippen LogP contribution in [0.4, 0.5) is 0 Å². The van der Waals surface area contributed by atoms with Crippen molar-refractivity contribution in [1.82, 2.24) is 15.1 Å². The maximum absolute atomic E-state index is 12.3. The average Bonchev–Trinajstić information content (AvgIpc) is 3.19. The molecule has 0 aliphatic carbocycles. The van der Waals surface area contributed by atoms with E-state index in [2.05, 4.69) is 41.4 Å².